The van der Waals surface area contributed by atoms with Crippen LogP contribution in [0.1, 0.15) is 83.3 Å². The first-order valence-electron chi connectivity index (χ1n) is 16.9. The largest absolute Gasteiger partial charge is 1.00 e. The van der Waals surface area contributed by atoms with Gasteiger partial charge in [0.25, 0.3) is 0 Å². The van der Waals surface area contributed by atoms with Crippen molar-refractivity contribution in [2.45, 2.75) is 115 Å². The quantitative estimate of drug-likeness (QED) is 0.219. The van der Waals surface area contributed by atoms with Gasteiger partial charge in [0.2, 0.25) is 5.88 Å². The van der Waals surface area contributed by atoms with Crippen molar-refractivity contribution in [1.82, 2.24) is 20.4 Å². The van der Waals surface area contributed by atoms with Gasteiger partial charge >= 0.3 is 51.4 Å². The Labute approximate surface area is 370 Å². The second-order valence-corrected chi connectivity index (χ2v) is 15.5. The number of nitrogens with zero attached hydrogens (tertiary/aromatic N) is 4. The molecule has 51 heavy (non-hydrogen) atoms. The molecule has 2 aliphatic carbocycles. The monoisotopic (exact) mass is 916 g/mol. The number of aliphatic hydroxyl groups is 1. The maximum atomic E-state index is 10.1. The van der Waals surface area contributed by atoms with E-state index in [4.69, 9.17) is 14.2 Å². The molecule has 0 amide bonds. The number of halogens is 3. The van der Waals surface area contributed by atoms with E-state index < -0.39 is 5.60 Å². The molecule has 2 saturated carbocycles. The van der Waals surface area contributed by atoms with Crippen LogP contribution in [-0.4, -0.2) is 55.5 Å². The number of hydrogen-bond donors (Lipinski definition) is 1. The molecule has 1 N–H and O–H groups in total. The number of ether oxygens (including phenoxy) is 3. The number of rotatable bonds is 8. The zero-order chi connectivity index (χ0) is 36.2. The first kappa shape index (κ1) is 46.5. The molecule has 272 valence electrons. The molecule has 13 heteroatoms. The van der Waals surface area contributed by atoms with Crippen molar-refractivity contribution in [3.05, 3.63) is 110 Å². The van der Waals surface area contributed by atoms with Crippen LogP contribution >= 0.6 is 47.8 Å². The minimum atomic E-state index is -0.750. The van der Waals surface area contributed by atoms with E-state index in [9.17, 15) is 10.2 Å². The molecule has 2 heterocycles. The molecule has 2 aromatic carbocycles. The van der Waals surface area contributed by atoms with Crippen LogP contribution in [0.2, 0.25) is 0 Å². The van der Waals surface area contributed by atoms with Gasteiger partial charge in [-0.05, 0) is 128 Å². The van der Waals surface area contributed by atoms with E-state index in [2.05, 4.69) is 92.5 Å². The predicted octanol–water partition coefficient (Wildman–Crippen LogP) is 5.80. The van der Waals surface area contributed by atoms with E-state index in [1.807, 2.05) is 60.7 Å². The Kier molecular flexibility index (Phi) is 23.9. The number of aliphatic hydroxyl groups excluding tert-OH is 1. The van der Waals surface area contributed by atoms with Gasteiger partial charge in [-0.3, -0.25) is 0 Å². The van der Waals surface area contributed by atoms with Gasteiger partial charge < -0.3 is 24.4 Å². The second-order valence-electron chi connectivity index (χ2n) is 13.0. The fourth-order valence-corrected chi connectivity index (χ4v) is 5.58. The number of aromatic nitrogens is 4. The van der Waals surface area contributed by atoms with Gasteiger partial charge in [-0.1, -0.05) is 81.4 Å². The average molecular weight is 920 g/mol. The van der Waals surface area contributed by atoms with Gasteiger partial charge in [0.1, 0.15) is 19.9 Å². The van der Waals surface area contributed by atoms with Crippen LogP contribution in [0, 0.1) is 0 Å². The third kappa shape index (κ3) is 23.0. The maximum Gasteiger partial charge on any atom is 1.00 e. The zero-order valence-electron chi connectivity index (χ0n) is 30.0. The first-order valence-corrected chi connectivity index (χ1v) is 19.3. The van der Waals surface area contributed by atoms with Crippen molar-refractivity contribution < 1.29 is 75.8 Å². The molecule has 2 aliphatic rings. The molecule has 0 saturated heterocycles. The molecule has 6 rings (SSSR count). The summed E-state index contributed by atoms with van der Waals surface area (Å²) in [7, 11) is 0. The molecule has 2 fully saturated rings. The Morgan fingerprint density at radius 2 is 0.941 bits per heavy atom. The molecule has 9 nitrogen and oxygen atoms in total. The molecule has 0 atom stereocenters. The predicted molar refractivity (Wildman–Crippen MR) is 204 cm³/mol. The summed E-state index contributed by atoms with van der Waals surface area (Å²) in [5.41, 5.74) is 1.70. The molecular weight excluding hydrogens is 871 g/mol. The summed E-state index contributed by atoms with van der Waals surface area (Å²) in [6, 6.07) is 27.9. The molecule has 0 unspecified atom stereocenters. The minimum absolute atomic E-state index is 0. The van der Waals surface area contributed by atoms with Gasteiger partial charge in [-0.15, -0.1) is 26.0 Å². The molecular formula is C38H48Br3KN4O5. The molecule has 0 aliphatic heterocycles. The summed E-state index contributed by atoms with van der Waals surface area (Å²) in [5, 5.41) is 34.8. The van der Waals surface area contributed by atoms with E-state index in [0.29, 0.717) is 31.3 Å². The number of benzene rings is 2. The van der Waals surface area contributed by atoms with Crippen LogP contribution < -0.4 is 61.2 Å². The number of hydrogen-bond acceptors (Lipinski definition) is 9. The van der Waals surface area contributed by atoms with Gasteiger partial charge in [-0.2, -0.15) is 0 Å². The Bertz CT molecular complexity index is 1410. The second kappa shape index (κ2) is 26.2. The van der Waals surface area contributed by atoms with E-state index in [1.165, 1.54) is 11.1 Å². The molecule has 0 spiro atoms. The summed E-state index contributed by atoms with van der Waals surface area (Å²) in [6.45, 7) is 6.28. The smallest absolute Gasteiger partial charge is 0.850 e. The van der Waals surface area contributed by atoms with Crippen molar-refractivity contribution in [1.29, 1.82) is 0 Å². The molecule has 0 radical (unpaired) electrons. The van der Waals surface area contributed by atoms with E-state index in [1.54, 1.807) is 20.8 Å². The van der Waals surface area contributed by atoms with Crippen LogP contribution in [0.5, 0.6) is 5.88 Å². The summed E-state index contributed by atoms with van der Waals surface area (Å²) in [5.74, 6) is 0.594. The molecule has 2 aromatic heterocycles. The van der Waals surface area contributed by atoms with Gasteiger partial charge in [-0.25, -0.2) is 0 Å². The zero-order valence-corrected chi connectivity index (χ0v) is 37.8. The van der Waals surface area contributed by atoms with Gasteiger partial charge in [0, 0.05) is 6.07 Å². The van der Waals surface area contributed by atoms with E-state index in [-0.39, 0.29) is 63.6 Å². The van der Waals surface area contributed by atoms with Crippen LogP contribution in [0.4, 0.5) is 0 Å². The van der Waals surface area contributed by atoms with Crippen molar-refractivity contribution >= 4 is 47.8 Å². The Balaban J connectivity index is 0.000000268. The third-order valence-corrected chi connectivity index (χ3v) is 8.69. The van der Waals surface area contributed by atoms with Crippen LogP contribution in [0.3, 0.4) is 0 Å². The summed E-state index contributed by atoms with van der Waals surface area (Å²) < 4.78 is 19.9. The third-order valence-electron chi connectivity index (χ3n) is 7.42. The Morgan fingerprint density at radius 1 is 0.588 bits per heavy atom. The van der Waals surface area contributed by atoms with Gasteiger partial charge in [0.05, 0.1) is 31.5 Å². The normalized spacial score (nSPS) is 19.7. The fraction of sp³-hybridized carbons (Fsp3) is 0.474. The topological polar surface area (TPSA) is 123 Å². The van der Waals surface area contributed by atoms with Crippen LogP contribution in [0.15, 0.2) is 98.7 Å². The maximum absolute atomic E-state index is 10.1. The Hall–Kier alpha value is -0.684. The first-order chi connectivity index (χ1) is 23.9. The van der Waals surface area contributed by atoms with Crippen LogP contribution in [-0.2, 0) is 22.7 Å². The van der Waals surface area contributed by atoms with Crippen molar-refractivity contribution in [2.75, 3.05) is 0 Å². The SMILES string of the molecule is Brc1ccc(Br)nn1.Brc1ccc(OC2CCC(OCc3ccccc3)CC2)nn1.CC(C)(C)[O-].OC1CCC(OCc2ccccc2)CC1.[K+]. The summed E-state index contributed by atoms with van der Waals surface area (Å²) in [6.07, 6.45) is 8.61. The standard InChI is InChI=1S/C17H19BrN2O2.C13H18O2.C4H2Br2N2.C4H9O.K/c18-16-10-11-17(20-19-16)22-15-8-6-14(7-9-15)21-12-13-4-2-1-3-5-13;14-12-6-8-13(9-7-12)15-10-11-4-2-1-3-5-11;5-3-1-2-4(6)8-7-3;1-4(2,3)5;/h1-5,10-11,14-15H,6-9,12H2;1-5,12-14H,6-10H2;1-2H;1-3H3;/q;;;-1;+1. The summed E-state index contributed by atoms with van der Waals surface area (Å²) in [4.78, 5) is 0. The van der Waals surface area contributed by atoms with Crippen molar-refractivity contribution in [3.8, 4) is 5.88 Å². The van der Waals surface area contributed by atoms with Crippen molar-refractivity contribution in [3.63, 3.8) is 0 Å². The molecule has 4 aromatic rings. The summed E-state index contributed by atoms with van der Waals surface area (Å²) >= 11 is 9.57. The molecule has 0 bridgehead atoms. The van der Waals surface area contributed by atoms with Crippen molar-refractivity contribution in [2.24, 2.45) is 0 Å². The fourth-order valence-electron chi connectivity index (χ4n) is 4.94. The van der Waals surface area contributed by atoms with Gasteiger partial charge in [0.15, 0.2) is 0 Å². The average Bonchev–Trinajstić information content (AvgIpc) is 3.11. The Morgan fingerprint density at radius 3 is 1.31 bits per heavy atom. The van der Waals surface area contributed by atoms with E-state index in [0.717, 1.165) is 65.2 Å². The minimum Gasteiger partial charge on any atom is -0.850 e. The van der Waals surface area contributed by atoms with Crippen LogP contribution in [0.25, 0.3) is 0 Å². The van der Waals surface area contributed by atoms with E-state index >= 15 is 0 Å².